The van der Waals surface area contributed by atoms with Crippen LogP contribution in [-0.4, -0.2) is 30.6 Å². The zero-order valence-electron chi connectivity index (χ0n) is 13.7. The summed E-state index contributed by atoms with van der Waals surface area (Å²) in [5, 5.41) is -0.746. The fourth-order valence-corrected chi connectivity index (χ4v) is 4.28. The Morgan fingerprint density at radius 1 is 1.08 bits per heavy atom. The fraction of sp³-hybridized carbons (Fsp3) is 0.222. The molecule has 5 nitrogen and oxygen atoms in total. The van der Waals surface area contributed by atoms with Crippen molar-refractivity contribution in [2.75, 3.05) is 19.1 Å². The van der Waals surface area contributed by atoms with E-state index in [-0.39, 0.29) is 11.1 Å². The Hall–Kier alpha value is -1.99. The molecule has 0 spiro atoms. The van der Waals surface area contributed by atoms with Gasteiger partial charge < -0.3 is 9.47 Å². The summed E-state index contributed by atoms with van der Waals surface area (Å²) in [5.74, 6) is 0.991. The van der Waals surface area contributed by atoms with E-state index in [2.05, 4.69) is 15.9 Å². The van der Waals surface area contributed by atoms with Gasteiger partial charge >= 0.3 is 0 Å². The Kier molecular flexibility index (Phi) is 5.34. The van der Waals surface area contributed by atoms with E-state index in [0.717, 1.165) is 27.5 Å². The molecule has 2 aromatic carbocycles. The molecule has 1 atom stereocenters. The van der Waals surface area contributed by atoms with Crippen LogP contribution in [0.1, 0.15) is 5.56 Å². The van der Waals surface area contributed by atoms with Gasteiger partial charge in [-0.25, -0.2) is 4.90 Å². The second-order valence-corrected chi connectivity index (χ2v) is 7.40. The largest absolute Gasteiger partial charge is 0.496 e. The lowest BCUT2D eigenvalue weighted by molar-refractivity contribution is -0.117. The summed E-state index contributed by atoms with van der Waals surface area (Å²) in [6, 6.07) is 12.7. The third-order valence-corrected chi connectivity index (χ3v) is 5.54. The van der Waals surface area contributed by atoms with Gasteiger partial charge in [0, 0.05) is 0 Å². The zero-order chi connectivity index (χ0) is 18.0. The number of thioether (sulfide) groups is 1. The molecular formula is C18H16BrNO4S. The van der Waals surface area contributed by atoms with Gasteiger partial charge in [0.2, 0.25) is 5.91 Å². The molecule has 0 radical (unpaired) electrons. The van der Waals surface area contributed by atoms with E-state index < -0.39 is 5.25 Å². The lowest BCUT2D eigenvalue weighted by atomic mass is 10.1. The van der Waals surface area contributed by atoms with Crippen LogP contribution in [0.4, 0.5) is 10.5 Å². The van der Waals surface area contributed by atoms with Crippen LogP contribution in [0.2, 0.25) is 0 Å². The number of rotatable bonds is 5. The summed E-state index contributed by atoms with van der Waals surface area (Å²) in [4.78, 5) is 26.4. The van der Waals surface area contributed by atoms with Crippen molar-refractivity contribution in [2.45, 2.75) is 11.7 Å². The number of anilines is 1. The number of amides is 2. The summed E-state index contributed by atoms with van der Waals surface area (Å²) in [5.41, 5.74) is 1.43. The van der Waals surface area contributed by atoms with Gasteiger partial charge in [0.15, 0.2) is 0 Å². The van der Waals surface area contributed by atoms with Gasteiger partial charge in [-0.15, -0.1) is 0 Å². The second kappa shape index (κ2) is 7.49. The lowest BCUT2D eigenvalue weighted by Crippen LogP contribution is -2.32. The van der Waals surface area contributed by atoms with Gasteiger partial charge in [0.25, 0.3) is 5.24 Å². The minimum Gasteiger partial charge on any atom is -0.496 e. The third kappa shape index (κ3) is 3.52. The van der Waals surface area contributed by atoms with Crippen molar-refractivity contribution < 1.29 is 19.1 Å². The number of benzene rings is 2. The molecule has 7 heteroatoms. The van der Waals surface area contributed by atoms with Crippen LogP contribution < -0.4 is 14.4 Å². The third-order valence-electron chi connectivity index (χ3n) is 3.88. The number of ether oxygens (including phenoxy) is 2. The molecule has 1 fully saturated rings. The number of methoxy groups -OCH3 is 2. The molecule has 1 aliphatic heterocycles. The smallest absolute Gasteiger partial charge is 0.293 e. The Labute approximate surface area is 158 Å². The Morgan fingerprint density at radius 3 is 2.48 bits per heavy atom. The van der Waals surface area contributed by atoms with Crippen LogP contribution in [-0.2, 0) is 11.2 Å². The molecule has 2 amide bonds. The molecule has 3 rings (SSSR count). The highest BCUT2D eigenvalue weighted by molar-refractivity contribution is 9.10. The van der Waals surface area contributed by atoms with Gasteiger partial charge in [0.1, 0.15) is 11.5 Å². The number of carbonyl (C=O) groups is 2. The average Bonchev–Trinajstić information content (AvgIpc) is 2.88. The van der Waals surface area contributed by atoms with Crippen LogP contribution in [0, 0.1) is 0 Å². The van der Waals surface area contributed by atoms with Crippen LogP contribution in [0.15, 0.2) is 46.9 Å². The lowest BCUT2D eigenvalue weighted by Gasteiger charge is -2.17. The maximum Gasteiger partial charge on any atom is 0.293 e. The molecule has 0 N–H and O–H groups in total. The zero-order valence-corrected chi connectivity index (χ0v) is 16.1. The summed E-state index contributed by atoms with van der Waals surface area (Å²) < 4.78 is 11.3. The van der Waals surface area contributed by atoms with E-state index in [1.54, 1.807) is 31.4 Å². The number of imide groups is 1. The van der Waals surface area contributed by atoms with Crippen LogP contribution in [0.25, 0.3) is 0 Å². The van der Waals surface area contributed by atoms with E-state index >= 15 is 0 Å². The fourth-order valence-electron chi connectivity index (χ4n) is 2.67. The molecule has 0 saturated carbocycles. The first kappa shape index (κ1) is 17.8. The predicted octanol–water partition coefficient (Wildman–Crippen LogP) is 4.28. The van der Waals surface area contributed by atoms with E-state index in [9.17, 15) is 9.59 Å². The standard InChI is InChI=1S/C18H16BrNO4S/c1-23-14-8-7-11(9-12(14)19)10-16-17(21)20(18(22)25-16)13-5-3-4-6-15(13)24-2/h3-9,16H,10H2,1-2H3/t16-/m1/s1. The number of hydrogen-bond donors (Lipinski definition) is 0. The number of nitrogens with zero attached hydrogens (tertiary/aromatic N) is 1. The van der Waals surface area contributed by atoms with Crippen molar-refractivity contribution in [2.24, 2.45) is 0 Å². The molecule has 0 aromatic heterocycles. The summed E-state index contributed by atoms with van der Waals surface area (Å²) >= 11 is 4.48. The van der Waals surface area contributed by atoms with Crippen molar-refractivity contribution in [1.82, 2.24) is 0 Å². The molecule has 25 heavy (non-hydrogen) atoms. The molecular weight excluding hydrogens is 406 g/mol. The summed E-state index contributed by atoms with van der Waals surface area (Å²) in [7, 11) is 3.11. The maximum atomic E-state index is 12.8. The molecule has 130 valence electrons. The first-order valence-electron chi connectivity index (χ1n) is 7.55. The van der Waals surface area contributed by atoms with Gasteiger partial charge in [0.05, 0.1) is 29.6 Å². The highest BCUT2D eigenvalue weighted by Crippen LogP contribution is 2.38. The first-order chi connectivity index (χ1) is 12.0. The number of para-hydroxylation sites is 2. The Morgan fingerprint density at radius 2 is 1.80 bits per heavy atom. The Balaban J connectivity index is 1.83. The highest BCUT2D eigenvalue weighted by Gasteiger charge is 2.41. The molecule has 0 bridgehead atoms. The molecule has 1 saturated heterocycles. The van der Waals surface area contributed by atoms with E-state index in [1.165, 1.54) is 12.0 Å². The van der Waals surface area contributed by atoms with E-state index in [1.807, 2.05) is 18.2 Å². The molecule has 1 aliphatic rings. The SMILES string of the molecule is COc1ccc(C[C@H]2SC(=O)N(c3ccccc3OC)C2=O)cc1Br. The van der Waals surface area contributed by atoms with Gasteiger partial charge in [-0.3, -0.25) is 9.59 Å². The number of hydrogen-bond acceptors (Lipinski definition) is 5. The summed E-state index contributed by atoms with van der Waals surface area (Å²) in [6.45, 7) is 0. The van der Waals surface area contributed by atoms with E-state index in [4.69, 9.17) is 9.47 Å². The molecule has 2 aromatic rings. The molecule has 1 heterocycles. The second-order valence-electron chi connectivity index (χ2n) is 5.39. The van der Waals surface area contributed by atoms with Crippen LogP contribution >= 0.6 is 27.7 Å². The molecule has 0 unspecified atom stereocenters. The Bertz CT molecular complexity index is 826. The summed E-state index contributed by atoms with van der Waals surface area (Å²) in [6.07, 6.45) is 0.462. The minimum atomic E-state index is -0.460. The monoisotopic (exact) mass is 421 g/mol. The maximum absolute atomic E-state index is 12.8. The van der Waals surface area contributed by atoms with Crippen molar-refractivity contribution >= 4 is 44.5 Å². The minimum absolute atomic E-state index is 0.230. The first-order valence-corrected chi connectivity index (χ1v) is 9.22. The van der Waals surface area contributed by atoms with Crippen LogP contribution in [0.5, 0.6) is 11.5 Å². The number of carbonyl (C=O) groups excluding carboxylic acids is 2. The molecule has 0 aliphatic carbocycles. The quantitative estimate of drug-likeness (QED) is 0.720. The average molecular weight is 422 g/mol. The van der Waals surface area contributed by atoms with Gasteiger partial charge in [-0.05, 0) is 52.2 Å². The van der Waals surface area contributed by atoms with Crippen LogP contribution in [0.3, 0.4) is 0 Å². The van der Waals surface area contributed by atoms with Gasteiger partial charge in [-0.2, -0.15) is 0 Å². The predicted molar refractivity (Wildman–Crippen MR) is 102 cm³/mol. The topological polar surface area (TPSA) is 55.8 Å². The van der Waals surface area contributed by atoms with Crippen molar-refractivity contribution in [3.63, 3.8) is 0 Å². The van der Waals surface area contributed by atoms with Gasteiger partial charge in [-0.1, -0.05) is 30.0 Å². The highest BCUT2D eigenvalue weighted by atomic mass is 79.9. The van der Waals surface area contributed by atoms with Crippen molar-refractivity contribution in [3.8, 4) is 11.5 Å². The van der Waals surface area contributed by atoms with Crippen molar-refractivity contribution in [1.29, 1.82) is 0 Å². The number of halogens is 1. The van der Waals surface area contributed by atoms with E-state index in [0.29, 0.717) is 17.9 Å². The normalized spacial score (nSPS) is 17.1. The van der Waals surface area contributed by atoms with Crippen molar-refractivity contribution in [3.05, 3.63) is 52.5 Å².